The lowest BCUT2D eigenvalue weighted by Gasteiger charge is -2.32. The van der Waals surface area contributed by atoms with Gasteiger partial charge in [-0.1, -0.05) is 0 Å². The molecule has 0 saturated carbocycles. The van der Waals surface area contributed by atoms with Crippen molar-refractivity contribution in [1.29, 1.82) is 0 Å². The SMILES string of the molecule is CCN1CC(=O)N(CC(=O)c2ccco2)CC1=O. The standard InChI is InChI=1S/C12H14N2O4/c1-2-13-7-12(17)14(8-11(13)16)6-9(15)10-4-3-5-18-10/h3-5H,2,6-8H2,1H3. The lowest BCUT2D eigenvalue weighted by molar-refractivity contribution is -0.149. The molecular weight excluding hydrogens is 236 g/mol. The quantitative estimate of drug-likeness (QED) is 0.713. The van der Waals surface area contributed by atoms with Crippen LogP contribution in [0, 0.1) is 0 Å². The maximum Gasteiger partial charge on any atom is 0.243 e. The fourth-order valence-electron chi connectivity index (χ4n) is 1.82. The van der Waals surface area contributed by atoms with Crippen LogP contribution in [0.25, 0.3) is 0 Å². The van der Waals surface area contributed by atoms with Gasteiger partial charge in [0.25, 0.3) is 0 Å². The first kappa shape index (κ1) is 12.3. The third-order valence-corrected chi connectivity index (χ3v) is 2.87. The van der Waals surface area contributed by atoms with E-state index in [0.717, 1.165) is 0 Å². The lowest BCUT2D eigenvalue weighted by atomic mass is 10.2. The summed E-state index contributed by atoms with van der Waals surface area (Å²) >= 11 is 0. The third kappa shape index (κ3) is 2.42. The molecule has 1 fully saturated rings. The van der Waals surface area contributed by atoms with Gasteiger partial charge < -0.3 is 14.2 Å². The monoisotopic (exact) mass is 250 g/mol. The van der Waals surface area contributed by atoms with Gasteiger partial charge in [-0.25, -0.2) is 0 Å². The topological polar surface area (TPSA) is 70.8 Å². The Bertz CT molecular complexity index is 466. The predicted octanol–water partition coefficient (Wildman–Crippen LogP) is 0.153. The van der Waals surface area contributed by atoms with Crippen molar-refractivity contribution >= 4 is 17.6 Å². The van der Waals surface area contributed by atoms with Crippen molar-refractivity contribution < 1.29 is 18.8 Å². The number of hydrogen-bond donors (Lipinski definition) is 0. The van der Waals surface area contributed by atoms with Crippen molar-refractivity contribution in [2.75, 3.05) is 26.2 Å². The fraction of sp³-hybridized carbons (Fsp3) is 0.417. The molecule has 6 heteroatoms. The van der Waals surface area contributed by atoms with E-state index in [9.17, 15) is 14.4 Å². The molecule has 6 nitrogen and oxygen atoms in total. The van der Waals surface area contributed by atoms with Gasteiger partial charge in [0.05, 0.1) is 19.4 Å². The van der Waals surface area contributed by atoms with Crippen LogP contribution in [0.1, 0.15) is 17.5 Å². The molecule has 2 rings (SSSR count). The first-order chi connectivity index (χ1) is 8.61. The van der Waals surface area contributed by atoms with Gasteiger partial charge in [-0.05, 0) is 19.1 Å². The number of ketones is 1. The Hall–Kier alpha value is -2.11. The molecule has 0 atom stereocenters. The van der Waals surface area contributed by atoms with Gasteiger partial charge in [-0.2, -0.15) is 0 Å². The first-order valence-corrected chi connectivity index (χ1v) is 5.74. The van der Waals surface area contributed by atoms with Crippen molar-refractivity contribution in [2.45, 2.75) is 6.92 Å². The molecule has 1 aromatic heterocycles. The summed E-state index contributed by atoms with van der Waals surface area (Å²) in [5.74, 6) is -0.444. The average molecular weight is 250 g/mol. The molecule has 1 saturated heterocycles. The molecule has 96 valence electrons. The van der Waals surface area contributed by atoms with Crippen molar-refractivity contribution in [3.63, 3.8) is 0 Å². The number of carbonyl (C=O) groups excluding carboxylic acids is 3. The summed E-state index contributed by atoms with van der Waals surface area (Å²) in [5.41, 5.74) is 0. The minimum atomic E-state index is -0.300. The van der Waals surface area contributed by atoms with Crippen LogP contribution in [0.2, 0.25) is 0 Å². The van der Waals surface area contributed by atoms with E-state index in [1.165, 1.54) is 22.1 Å². The molecule has 0 unspecified atom stereocenters. The summed E-state index contributed by atoms with van der Waals surface area (Å²) in [6.07, 6.45) is 1.40. The number of amides is 2. The smallest absolute Gasteiger partial charge is 0.243 e. The van der Waals surface area contributed by atoms with Crippen LogP contribution >= 0.6 is 0 Å². The van der Waals surface area contributed by atoms with Crippen LogP contribution in [0.3, 0.4) is 0 Å². The molecule has 2 heterocycles. The van der Waals surface area contributed by atoms with E-state index in [0.29, 0.717) is 6.54 Å². The molecule has 0 N–H and O–H groups in total. The largest absolute Gasteiger partial charge is 0.461 e. The second-order valence-corrected chi connectivity index (χ2v) is 4.06. The van der Waals surface area contributed by atoms with Crippen LogP contribution in [0.15, 0.2) is 22.8 Å². The minimum absolute atomic E-state index is 0.0424. The highest BCUT2D eigenvalue weighted by Crippen LogP contribution is 2.08. The van der Waals surface area contributed by atoms with Crippen molar-refractivity contribution in [1.82, 2.24) is 9.80 Å². The highest BCUT2D eigenvalue weighted by molar-refractivity contribution is 6.00. The van der Waals surface area contributed by atoms with E-state index in [2.05, 4.69) is 0 Å². The van der Waals surface area contributed by atoms with Gasteiger partial charge >= 0.3 is 0 Å². The predicted molar refractivity (Wildman–Crippen MR) is 61.9 cm³/mol. The Morgan fingerprint density at radius 1 is 1.28 bits per heavy atom. The Morgan fingerprint density at radius 2 is 1.94 bits per heavy atom. The van der Waals surface area contributed by atoms with E-state index < -0.39 is 0 Å². The number of likely N-dealkylation sites (N-methyl/N-ethyl adjacent to an activating group) is 1. The minimum Gasteiger partial charge on any atom is -0.461 e. The average Bonchev–Trinajstić information content (AvgIpc) is 2.87. The molecule has 2 amide bonds. The van der Waals surface area contributed by atoms with Crippen molar-refractivity contribution in [2.24, 2.45) is 0 Å². The summed E-state index contributed by atoms with van der Waals surface area (Å²) in [7, 11) is 0. The second kappa shape index (κ2) is 5.03. The molecule has 1 aromatic rings. The number of nitrogens with zero attached hydrogens (tertiary/aromatic N) is 2. The summed E-state index contributed by atoms with van der Waals surface area (Å²) < 4.78 is 4.96. The summed E-state index contributed by atoms with van der Waals surface area (Å²) in [6, 6.07) is 3.14. The molecule has 0 bridgehead atoms. The Morgan fingerprint density at radius 3 is 2.56 bits per heavy atom. The zero-order chi connectivity index (χ0) is 13.1. The fourth-order valence-corrected chi connectivity index (χ4v) is 1.82. The normalized spacial score (nSPS) is 16.3. The molecule has 0 spiro atoms. The number of rotatable bonds is 4. The Labute approximate surface area is 104 Å². The molecule has 0 aliphatic carbocycles. The summed E-state index contributed by atoms with van der Waals surface area (Å²) in [4.78, 5) is 37.9. The zero-order valence-corrected chi connectivity index (χ0v) is 10.1. The van der Waals surface area contributed by atoms with Crippen LogP contribution in [0.5, 0.6) is 0 Å². The lowest BCUT2D eigenvalue weighted by Crippen LogP contribution is -2.54. The molecular formula is C12H14N2O4. The summed E-state index contributed by atoms with van der Waals surface area (Å²) in [6.45, 7) is 2.20. The van der Waals surface area contributed by atoms with Crippen LogP contribution in [-0.4, -0.2) is 53.6 Å². The maximum absolute atomic E-state index is 11.8. The van der Waals surface area contributed by atoms with E-state index in [4.69, 9.17) is 4.42 Å². The Balaban J connectivity index is 2.00. The van der Waals surface area contributed by atoms with Gasteiger partial charge in [0.15, 0.2) is 5.76 Å². The number of piperazine rings is 1. The summed E-state index contributed by atoms with van der Waals surface area (Å²) in [5, 5.41) is 0. The third-order valence-electron chi connectivity index (χ3n) is 2.87. The van der Waals surface area contributed by atoms with Crippen molar-refractivity contribution in [3.8, 4) is 0 Å². The van der Waals surface area contributed by atoms with Crippen molar-refractivity contribution in [3.05, 3.63) is 24.2 Å². The highest BCUT2D eigenvalue weighted by atomic mass is 16.3. The van der Waals surface area contributed by atoms with E-state index >= 15 is 0 Å². The number of Topliss-reactive ketones (excluding diaryl/α,β-unsaturated/α-hetero) is 1. The number of furan rings is 1. The van der Waals surface area contributed by atoms with Crippen LogP contribution < -0.4 is 0 Å². The van der Waals surface area contributed by atoms with E-state index in [1.807, 2.05) is 6.92 Å². The van der Waals surface area contributed by atoms with Crippen LogP contribution in [0.4, 0.5) is 0 Å². The zero-order valence-electron chi connectivity index (χ0n) is 10.1. The van der Waals surface area contributed by atoms with Crippen LogP contribution in [-0.2, 0) is 9.59 Å². The van der Waals surface area contributed by atoms with Gasteiger partial charge in [0, 0.05) is 6.54 Å². The maximum atomic E-state index is 11.8. The first-order valence-electron chi connectivity index (χ1n) is 5.74. The van der Waals surface area contributed by atoms with Gasteiger partial charge in [-0.3, -0.25) is 14.4 Å². The van der Waals surface area contributed by atoms with Gasteiger partial charge in [0.2, 0.25) is 17.6 Å². The van der Waals surface area contributed by atoms with E-state index in [-0.39, 0.29) is 43.0 Å². The molecule has 18 heavy (non-hydrogen) atoms. The molecule has 0 aromatic carbocycles. The molecule has 0 radical (unpaired) electrons. The Kier molecular flexibility index (Phi) is 3.45. The molecule has 1 aliphatic rings. The number of carbonyl (C=O) groups is 3. The van der Waals surface area contributed by atoms with E-state index in [1.54, 1.807) is 6.07 Å². The number of hydrogen-bond acceptors (Lipinski definition) is 4. The van der Waals surface area contributed by atoms with Gasteiger partial charge in [0.1, 0.15) is 6.54 Å². The van der Waals surface area contributed by atoms with Gasteiger partial charge in [-0.15, -0.1) is 0 Å². The second-order valence-electron chi connectivity index (χ2n) is 4.06. The highest BCUT2D eigenvalue weighted by Gasteiger charge is 2.30. The molecule has 1 aliphatic heterocycles.